The van der Waals surface area contributed by atoms with Gasteiger partial charge in [0.2, 0.25) is 0 Å². The van der Waals surface area contributed by atoms with Gasteiger partial charge in [-0.25, -0.2) is 0 Å². The summed E-state index contributed by atoms with van der Waals surface area (Å²) in [5.41, 5.74) is 1.17. The van der Waals surface area contributed by atoms with E-state index < -0.39 is 8.80 Å². The van der Waals surface area contributed by atoms with Crippen LogP contribution in [0.3, 0.4) is 0 Å². The van der Waals surface area contributed by atoms with Gasteiger partial charge >= 0.3 is 8.80 Å². The zero-order chi connectivity index (χ0) is 19.8. The molecule has 3 aromatic rings. The molecule has 0 aromatic heterocycles. The maximum absolute atomic E-state index is 5.95. The zero-order valence-corrected chi connectivity index (χ0v) is 18.2. The first-order valence-electron chi connectivity index (χ1n) is 10.3. The van der Waals surface area contributed by atoms with Crippen LogP contribution in [0, 0.1) is 0 Å². The topological polar surface area (TPSA) is 39.7 Å². The number of fused-ring (bicyclic) bond motifs is 2. The number of hydrogen-bond donors (Lipinski definition) is 1. The van der Waals surface area contributed by atoms with E-state index in [9.17, 15) is 0 Å². The molecule has 0 atom stereocenters. The fraction of sp³-hybridized carbons (Fsp3) is 0.391. The van der Waals surface area contributed by atoms with Gasteiger partial charge in [-0.3, -0.25) is 0 Å². The molecule has 0 amide bonds. The summed E-state index contributed by atoms with van der Waals surface area (Å²) in [6.07, 6.45) is 0.941. The van der Waals surface area contributed by atoms with Gasteiger partial charge in [0.15, 0.2) is 0 Å². The molecule has 0 heterocycles. The molecule has 1 N–H and O–H groups in total. The van der Waals surface area contributed by atoms with Gasteiger partial charge in [0.25, 0.3) is 0 Å². The maximum Gasteiger partial charge on any atom is 0.500 e. The zero-order valence-electron chi connectivity index (χ0n) is 17.2. The van der Waals surface area contributed by atoms with Crippen molar-refractivity contribution in [1.29, 1.82) is 0 Å². The highest BCUT2D eigenvalue weighted by molar-refractivity contribution is 6.60. The molecule has 0 spiro atoms. The van der Waals surface area contributed by atoms with Gasteiger partial charge in [-0.05, 0) is 61.5 Å². The van der Waals surface area contributed by atoms with Crippen LogP contribution in [0.5, 0.6) is 0 Å². The summed E-state index contributed by atoms with van der Waals surface area (Å²) in [5.74, 6) is 0. The van der Waals surface area contributed by atoms with E-state index in [0.29, 0.717) is 19.8 Å². The van der Waals surface area contributed by atoms with Crippen LogP contribution in [0.25, 0.3) is 21.5 Å². The molecular formula is C23H31NO3Si. The molecule has 0 saturated heterocycles. The van der Waals surface area contributed by atoms with Crippen LogP contribution in [-0.4, -0.2) is 35.2 Å². The minimum absolute atomic E-state index is 0.621. The molecule has 0 bridgehead atoms. The van der Waals surface area contributed by atoms with E-state index >= 15 is 0 Å². The molecule has 3 rings (SSSR count). The van der Waals surface area contributed by atoms with Crippen molar-refractivity contribution in [2.45, 2.75) is 33.2 Å². The molecule has 0 aliphatic rings. The standard InChI is InChI=1S/C23H31NO3Si/c1-4-25-28(26-5-2,27-6-3)16-10-15-24-23-14-9-13-21-17-19-11-7-8-12-20(19)18-22(21)23/h7-9,11-14,17-18,24H,4-6,10,15-16H2,1-3H3. The molecule has 0 radical (unpaired) electrons. The summed E-state index contributed by atoms with van der Waals surface area (Å²) in [6, 6.07) is 20.3. The Morgan fingerprint density at radius 2 is 1.36 bits per heavy atom. The molecule has 0 aliphatic heterocycles. The van der Waals surface area contributed by atoms with Crippen LogP contribution in [0.1, 0.15) is 27.2 Å². The third-order valence-corrected chi connectivity index (χ3v) is 7.97. The van der Waals surface area contributed by atoms with Crippen LogP contribution in [-0.2, 0) is 13.3 Å². The Morgan fingerprint density at radius 3 is 2.00 bits per heavy atom. The third-order valence-electron chi connectivity index (χ3n) is 4.81. The fourth-order valence-electron chi connectivity index (χ4n) is 3.65. The van der Waals surface area contributed by atoms with Crippen molar-refractivity contribution in [3.05, 3.63) is 54.6 Å². The predicted molar refractivity (Wildman–Crippen MR) is 120 cm³/mol. The molecule has 28 heavy (non-hydrogen) atoms. The van der Waals surface area contributed by atoms with Crippen molar-refractivity contribution >= 4 is 36.0 Å². The first-order chi connectivity index (χ1) is 13.7. The van der Waals surface area contributed by atoms with Crippen LogP contribution in [0.2, 0.25) is 6.04 Å². The van der Waals surface area contributed by atoms with E-state index in [1.807, 2.05) is 20.8 Å². The molecule has 3 aromatic carbocycles. The van der Waals surface area contributed by atoms with E-state index in [-0.39, 0.29) is 0 Å². The first kappa shape index (κ1) is 20.8. The number of rotatable bonds is 11. The van der Waals surface area contributed by atoms with Gasteiger partial charge in [0.05, 0.1) is 0 Å². The van der Waals surface area contributed by atoms with E-state index in [1.54, 1.807) is 0 Å². The second kappa shape index (κ2) is 10.0. The smallest absolute Gasteiger partial charge is 0.385 e. The Labute approximate surface area is 169 Å². The Balaban J connectivity index is 1.70. The lowest BCUT2D eigenvalue weighted by Gasteiger charge is -2.28. The van der Waals surface area contributed by atoms with Gasteiger partial charge < -0.3 is 18.6 Å². The lowest BCUT2D eigenvalue weighted by atomic mass is 10.0. The molecule has 0 saturated carbocycles. The molecule has 0 aliphatic carbocycles. The molecule has 0 fully saturated rings. The molecular weight excluding hydrogens is 366 g/mol. The summed E-state index contributed by atoms with van der Waals surface area (Å²) in [5, 5.41) is 8.65. The fourth-order valence-corrected chi connectivity index (χ4v) is 6.26. The number of nitrogens with one attached hydrogen (secondary N) is 1. The summed E-state index contributed by atoms with van der Waals surface area (Å²) in [4.78, 5) is 0. The maximum atomic E-state index is 5.95. The molecule has 0 unspecified atom stereocenters. The van der Waals surface area contributed by atoms with Crippen molar-refractivity contribution in [2.24, 2.45) is 0 Å². The average Bonchev–Trinajstić information content (AvgIpc) is 2.70. The monoisotopic (exact) mass is 397 g/mol. The van der Waals surface area contributed by atoms with Crippen LogP contribution >= 0.6 is 0 Å². The lowest BCUT2D eigenvalue weighted by Crippen LogP contribution is -2.46. The van der Waals surface area contributed by atoms with Crippen LogP contribution < -0.4 is 5.32 Å². The van der Waals surface area contributed by atoms with Crippen molar-refractivity contribution < 1.29 is 13.3 Å². The first-order valence-corrected chi connectivity index (χ1v) is 12.2. The van der Waals surface area contributed by atoms with Gasteiger partial charge in [0.1, 0.15) is 0 Å². The lowest BCUT2D eigenvalue weighted by molar-refractivity contribution is 0.0710. The Morgan fingerprint density at radius 1 is 0.750 bits per heavy atom. The highest BCUT2D eigenvalue weighted by Crippen LogP contribution is 2.28. The van der Waals surface area contributed by atoms with Crippen LogP contribution in [0.4, 0.5) is 5.69 Å². The molecule has 150 valence electrons. The van der Waals surface area contributed by atoms with Crippen molar-refractivity contribution in [1.82, 2.24) is 0 Å². The van der Waals surface area contributed by atoms with E-state index in [4.69, 9.17) is 13.3 Å². The summed E-state index contributed by atoms with van der Waals surface area (Å²) in [7, 11) is -2.56. The third kappa shape index (κ3) is 4.91. The number of hydrogen-bond acceptors (Lipinski definition) is 4. The van der Waals surface area contributed by atoms with E-state index in [0.717, 1.165) is 19.0 Å². The Bertz CT molecular complexity index is 882. The van der Waals surface area contributed by atoms with Crippen molar-refractivity contribution in [2.75, 3.05) is 31.7 Å². The minimum Gasteiger partial charge on any atom is -0.385 e. The van der Waals surface area contributed by atoms with Gasteiger partial charge in [-0.15, -0.1) is 0 Å². The Kier molecular flexibility index (Phi) is 7.45. The average molecular weight is 398 g/mol. The highest BCUT2D eigenvalue weighted by Gasteiger charge is 2.39. The van der Waals surface area contributed by atoms with Gasteiger partial charge in [-0.1, -0.05) is 36.4 Å². The van der Waals surface area contributed by atoms with E-state index in [1.165, 1.54) is 27.2 Å². The predicted octanol–water partition coefficient (Wildman–Crippen LogP) is 5.84. The van der Waals surface area contributed by atoms with Gasteiger partial charge in [0, 0.05) is 43.5 Å². The van der Waals surface area contributed by atoms with E-state index in [2.05, 4.69) is 59.9 Å². The highest BCUT2D eigenvalue weighted by atomic mass is 28.4. The Hall–Kier alpha value is -1.92. The van der Waals surface area contributed by atoms with Crippen molar-refractivity contribution in [3.8, 4) is 0 Å². The minimum atomic E-state index is -2.56. The SMILES string of the molecule is CCO[Si](CCCNc1cccc2cc3ccccc3cc12)(OCC)OCC. The normalized spacial score (nSPS) is 12.0. The second-order valence-electron chi connectivity index (χ2n) is 6.74. The number of anilines is 1. The quantitative estimate of drug-likeness (QED) is 0.250. The summed E-state index contributed by atoms with van der Waals surface area (Å²) < 4.78 is 17.8. The molecule has 5 heteroatoms. The van der Waals surface area contributed by atoms with Crippen LogP contribution in [0.15, 0.2) is 54.6 Å². The van der Waals surface area contributed by atoms with Crippen molar-refractivity contribution in [3.63, 3.8) is 0 Å². The number of benzene rings is 3. The summed E-state index contributed by atoms with van der Waals surface area (Å²) in [6.45, 7) is 8.71. The second-order valence-corrected chi connectivity index (χ2v) is 9.47. The summed E-state index contributed by atoms with van der Waals surface area (Å²) >= 11 is 0. The van der Waals surface area contributed by atoms with Gasteiger partial charge in [-0.2, -0.15) is 0 Å². The largest absolute Gasteiger partial charge is 0.500 e. The molecule has 4 nitrogen and oxygen atoms in total.